The van der Waals surface area contributed by atoms with Gasteiger partial charge in [-0.1, -0.05) is 0 Å². The lowest BCUT2D eigenvalue weighted by atomic mass is 10.4. The highest BCUT2D eigenvalue weighted by Crippen LogP contribution is 2.23. The summed E-state index contributed by atoms with van der Waals surface area (Å²) in [7, 11) is -6.21. The molecule has 128 valence electrons. The average Bonchev–Trinajstić information content (AvgIpc) is 3.28. The number of sulfonamides is 2. The Balaban J connectivity index is 2.16. The smallest absolute Gasteiger partial charge is 0.304 e. The Hall–Kier alpha value is -1.49. The molecule has 8 nitrogen and oxygen atoms in total. The van der Waals surface area contributed by atoms with E-state index in [1.807, 2.05) is 0 Å². The first-order valence-electron chi connectivity index (χ1n) is 6.93. The Labute approximate surface area is 135 Å². The molecular weight excluding hydrogens is 344 g/mol. The zero-order valence-electron chi connectivity index (χ0n) is 12.5. The predicted molar refractivity (Wildman–Crippen MR) is 81.9 cm³/mol. The Morgan fingerprint density at radius 2 is 1.70 bits per heavy atom. The van der Waals surface area contributed by atoms with E-state index in [2.05, 4.69) is 4.72 Å². The van der Waals surface area contributed by atoms with Crippen molar-refractivity contribution in [3.63, 3.8) is 0 Å². The molecule has 23 heavy (non-hydrogen) atoms. The van der Waals surface area contributed by atoms with Crippen molar-refractivity contribution in [1.29, 1.82) is 0 Å². The number of carbonyl (C=O) groups is 1. The van der Waals surface area contributed by atoms with Crippen molar-refractivity contribution in [2.24, 2.45) is 0 Å². The first kappa shape index (κ1) is 17.9. The molecule has 1 aromatic rings. The number of benzene rings is 1. The molecule has 0 atom stereocenters. The second-order valence-electron chi connectivity index (χ2n) is 5.34. The lowest BCUT2D eigenvalue weighted by molar-refractivity contribution is -0.137. The Kier molecular flexibility index (Phi) is 5.09. The van der Waals surface area contributed by atoms with Crippen LogP contribution in [-0.2, 0) is 24.8 Å². The van der Waals surface area contributed by atoms with E-state index in [4.69, 9.17) is 5.11 Å². The van der Waals surface area contributed by atoms with Crippen molar-refractivity contribution in [1.82, 2.24) is 9.03 Å². The second-order valence-corrected chi connectivity index (χ2v) is 9.10. The number of carboxylic acid groups (broad SMARTS) is 1. The van der Waals surface area contributed by atoms with Gasteiger partial charge in [0.15, 0.2) is 0 Å². The van der Waals surface area contributed by atoms with Crippen LogP contribution in [0.15, 0.2) is 34.1 Å². The summed E-state index contributed by atoms with van der Waals surface area (Å²) in [5, 5.41) is 8.61. The number of aliphatic carboxylic acids is 1. The van der Waals surface area contributed by atoms with Gasteiger partial charge in [-0.05, 0) is 37.1 Å². The fourth-order valence-electron chi connectivity index (χ4n) is 1.83. The van der Waals surface area contributed by atoms with Crippen molar-refractivity contribution in [3.05, 3.63) is 24.3 Å². The number of nitrogens with one attached hydrogen (secondary N) is 1. The minimum atomic E-state index is -3.85. The largest absolute Gasteiger partial charge is 0.481 e. The van der Waals surface area contributed by atoms with Gasteiger partial charge in [-0.2, -0.15) is 0 Å². The van der Waals surface area contributed by atoms with Gasteiger partial charge in [0.05, 0.1) is 16.2 Å². The molecule has 0 aromatic heterocycles. The molecule has 0 heterocycles. The third-order valence-corrected chi connectivity index (χ3v) is 6.79. The van der Waals surface area contributed by atoms with Crippen LogP contribution >= 0.6 is 0 Å². The van der Waals surface area contributed by atoms with E-state index in [9.17, 15) is 21.6 Å². The molecule has 0 radical (unpaired) electrons. The summed E-state index contributed by atoms with van der Waals surface area (Å²) >= 11 is 0. The lowest BCUT2D eigenvalue weighted by Gasteiger charge is -2.16. The van der Waals surface area contributed by atoms with Crippen LogP contribution in [0.2, 0.25) is 0 Å². The van der Waals surface area contributed by atoms with Crippen molar-refractivity contribution in [3.8, 4) is 0 Å². The SMILES string of the molecule is CN(CCC(=O)O)S(=O)(=O)c1ccc(S(=O)(=O)NC2CC2)cc1. The summed E-state index contributed by atoms with van der Waals surface area (Å²) in [6, 6.07) is 4.82. The van der Waals surface area contributed by atoms with E-state index in [1.165, 1.54) is 31.3 Å². The molecule has 1 aliphatic rings. The van der Waals surface area contributed by atoms with Gasteiger partial charge in [-0.25, -0.2) is 25.9 Å². The molecule has 10 heteroatoms. The summed E-state index contributed by atoms with van der Waals surface area (Å²) < 4.78 is 52.0. The molecule has 0 spiro atoms. The van der Waals surface area contributed by atoms with E-state index in [-0.39, 0.29) is 28.8 Å². The van der Waals surface area contributed by atoms with Gasteiger partial charge < -0.3 is 5.11 Å². The monoisotopic (exact) mass is 362 g/mol. The molecule has 2 N–H and O–H groups in total. The quantitative estimate of drug-likeness (QED) is 0.682. The van der Waals surface area contributed by atoms with E-state index < -0.39 is 26.0 Å². The third kappa shape index (κ3) is 4.50. The molecule has 0 amide bonds. The fourth-order valence-corrected chi connectivity index (χ4v) is 4.31. The van der Waals surface area contributed by atoms with Crippen LogP contribution < -0.4 is 4.72 Å². The van der Waals surface area contributed by atoms with Crippen LogP contribution in [0.5, 0.6) is 0 Å². The van der Waals surface area contributed by atoms with Gasteiger partial charge in [-0.3, -0.25) is 4.79 Å². The molecule has 0 aliphatic heterocycles. The maximum absolute atomic E-state index is 12.3. The van der Waals surface area contributed by atoms with E-state index in [1.54, 1.807) is 0 Å². The zero-order chi connectivity index (χ0) is 17.3. The first-order valence-corrected chi connectivity index (χ1v) is 9.86. The second kappa shape index (κ2) is 6.56. The molecule has 1 aliphatic carbocycles. The molecule has 0 unspecified atom stereocenters. The first-order chi connectivity index (χ1) is 10.6. The van der Waals surface area contributed by atoms with E-state index >= 15 is 0 Å². The highest BCUT2D eigenvalue weighted by molar-refractivity contribution is 7.89. The van der Waals surface area contributed by atoms with Crippen molar-refractivity contribution in [2.75, 3.05) is 13.6 Å². The highest BCUT2D eigenvalue weighted by atomic mass is 32.2. The van der Waals surface area contributed by atoms with Gasteiger partial charge in [0.2, 0.25) is 20.0 Å². The molecule has 0 bridgehead atoms. The standard InChI is InChI=1S/C13H18N2O6S2/c1-15(9-8-13(16)17)23(20,21)12-6-4-11(5-7-12)22(18,19)14-10-2-3-10/h4-7,10,14H,2-3,8-9H2,1H3,(H,16,17). The van der Waals surface area contributed by atoms with Gasteiger partial charge in [0.25, 0.3) is 0 Å². The summed E-state index contributed by atoms with van der Waals surface area (Å²) in [5.74, 6) is -1.10. The minimum absolute atomic E-state index is 0.00320. The third-order valence-electron chi connectivity index (χ3n) is 3.38. The average molecular weight is 362 g/mol. The minimum Gasteiger partial charge on any atom is -0.481 e. The van der Waals surface area contributed by atoms with Crippen LogP contribution in [0.4, 0.5) is 0 Å². The van der Waals surface area contributed by atoms with Crippen LogP contribution in [-0.4, -0.2) is 51.9 Å². The number of hydrogen-bond donors (Lipinski definition) is 2. The van der Waals surface area contributed by atoms with Crippen LogP contribution in [0.1, 0.15) is 19.3 Å². The summed E-state index contributed by atoms with van der Waals surface area (Å²) in [5.41, 5.74) is 0. The van der Waals surface area contributed by atoms with Crippen molar-refractivity contribution >= 4 is 26.0 Å². The predicted octanol–water partition coefficient (Wildman–Crippen LogP) is 0.223. The normalized spacial score (nSPS) is 15.7. The van der Waals surface area contributed by atoms with Gasteiger partial charge in [-0.15, -0.1) is 0 Å². The van der Waals surface area contributed by atoms with Gasteiger partial charge in [0, 0.05) is 19.6 Å². The number of carboxylic acids is 1. The zero-order valence-corrected chi connectivity index (χ0v) is 14.1. The maximum atomic E-state index is 12.3. The Morgan fingerprint density at radius 3 is 2.17 bits per heavy atom. The fraction of sp³-hybridized carbons (Fsp3) is 0.462. The van der Waals surface area contributed by atoms with Crippen molar-refractivity contribution in [2.45, 2.75) is 35.1 Å². The summed E-state index contributed by atoms with van der Waals surface area (Å²) in [6.07, 6.45) is 1.30. The molecule has 1 fully saturated rings. The number of hydrogen-bond acceptors (Lipinski definition) is 5. The molecule has 1 saturated carbocycles. The van der Waals surface area contributed by atoms with Crippen molar-refractivity contribution < 1.29 is 26.7 Å². The summed E-state index contributed by atoms with van der Waals surface area (Å²) in [6.45, 7) is -0.166. The van der Waals surface area contributed by atoms with E-state index in [0.717, 1.165) is 17.1 Å². The molecule has 1 aromatic carbocycles. The van der Waals surface area contributed by atoms with Gasteiger partial charge in [0.1, 0.15) is 0 Å². The van der Waals surface area contributed by atoms with E-state index in [0.29, 0.717) is 0 Å². The molecule has 0 saturated heterocycles. The number of nitrogens with zero attached hydrogens (tertiary/aromatic N) is 1. The molecular formula is C13H18N2O6S2. The highest BCUT2D eigenvalue weighted by Gasteiger charge is 2.28. The Bertz CT molecular complexity index is 782. The molecule has 2 rings (SSSR count). The Morgan fingerprint density at radius 1 is 1.17 bits per heavy atom. The topological polar surface area (TPSA) is 121 Å². The number of rotatable bonds is 8. The van der Waals surface area contributed by atoms with Crippen LogP contribution in [0.25, 0.3) is 0 Å². The van der Waals surface area contributed by atoms with Crippen LogP contribution in [0.3, 0.4) is 0 Å². The van der Waals surface area contributed by atoms with Gasteiger partial charge >= 0.3 is 5.97 Å². The lowest BCUT2D eigenvalue weighted by Crippen LogP contribution is -2.29. The maximum Gasteiger partial charge on any atom is 0.304 e. The summed E-state index contributed by atoms with van der Waals surface area (Å²) in [4.78, 5) is 10.4. The van der Waals surface area contributed by atoms with Crippen LogP contribution in [0, 0.1) is 0 Å².